The molecule has 10 nitrogen and oxygen atoms in total. The zero-order chi connectivity index (χ0) is 29.7. The van der Waals surface area contributed by atoms with Crippen LogP contribution in [0.1, 0.15) is 29.2 Å². The largest absolute Gasteiger partial charge is 0.490 e. The van der Waals surface area contributed by atoms with Crippen LogP contribution in [0.15, 0.2) is 59.5 Å². The minimum absolute atomic E-state index is 0.00544. The highest BCUT2D eigenvalue weighted by Gasteiger charge is 2.36. The molecule has 0 aliphatic carbocycles. The van der Waals surface area contributed by atoms with Crippen LogP contribution < -0.4 is 14.8 Å². The van der Waals surface area contributed by atoms with Gasteiger partial charge >= 0.3 is 0 Å². The first-order valence-electron chi connectivity index (χ1n) is 12.5. The van der Waals surface area contributed by atoms with Crippen LogP contribution >= 0.6 is 34.4 Å². The summed E-state index contributed by atoms with van der Waals surface area (Å²) in [5, 5.41) is 13.2. The minimum atomic E-state index is -0.553. The number of hydrogen-bond donors (Lipinski definition) is 1. The summed E-state index contributed by atoms with van der Waals surface area (Å²) in [7, 11) is 0. The van der Waals surface area contributed by atoms with Crippen LogP contribution in [-0.4, -0.2) is 40.0 Å². The van der Waals surface area contributed by atoms with Crippen molar-refractivity contribution < 1.29 is 28.8 Å². The van der Waals surface area contributed by atoms with E-state index in [4.69, 9.17) is 9.47 Å². The summed E-state index contributed by atoms with van der Waals surface area (Å²) in [6.07, 6.45) is 1.58. The van der Waals surface area contributed by atoms with E-state index in [2.05, 4.69) is 27.9 Å². The molecule has 0 saturated carbocycles. The molecular formula is C29H26IN3O7S. The third-order valence-electron chi connectivity index (χ3n) is 6.08. The second kappa shape index (κ2) is 13.2. The molecule has 1 heterocycles. The quantitative estimate of drug-likeness (QED) is 0.111. The number of rotatable bonds is 10. The van der Waals surface area contributed by atoms with Gasteiger partial charge in [0.2, 0.25) is 5.91 Å². The van der Waals surface area contributed by atoms with Gasteiger partial charge in [-0.15, -0.1) is 0 Å². The van der Waals surface area contributed by atoms with Crippen molar-refractivity contribution in [3.8, 4) is 11.5 Å². The molecule has 0 radical (unpaired) electrons. The van der Waals surface area contributed by atoms with Gasteiger partial charge in [0.15, 0.2) is 11.5 Å². The second-order valence-electron chi connectivity index (χ2n) is 9.06. The summed E-state index contributed by atoms with van der Waals surface area (Å²) in [6, 6.07) is 15.2. The number of ether oxygens (including phenoxy) is 2. The molecule has 41 heavy (non-hydrogen) atoms. The summed E-state index contributed by atoms with van der Waals surface area (Å²) in [5.74, 6) is -0.0872. The van der Waals surface area contributed by atoms with Crippen molar-refractivity contribution in [2.75, 3.05) is 18.5 Å². The van der Waals surface area contributed by atoms with Crippen molar-refractivity contribution in [3.05, 3.63) is 95.4 Å². The van der Waals surface area contributed by atoms with E-state index in [0.717, 1.165) is 33.4 Å². The summed E-state index contributed by atoms with van der Waals surface area (Å²) >= 11 is 2.86. The first kappa shape index (κ1) is 30.1. The number of imide groups is 1. The van der Waals surface area contributed by atoms with Crippen LogP contribution in [-0.2, 0) is 16.2 Å². The van der Waals surface area contributed by atoms with Gasteiger partial charge in [0, 0.05) is 17.8 Å². The maximum atomic E-state index is 13.1. The predicted octanol–water partition coefficient (Wildman–Crippen LogP) is 6.47. The number of para-hydroxylation sites is 1. The first-order valence-corrected chi connectivity index (χ1v) is 14.4. The monoisotopic (exact) mass is 687 g/mol. The number of anilines is 1. The van der Waals surface area contributed by atoms with Crippen molar-refractivity contribution in [1.29, 1.82) is 0 Å². The number of amides is 3. The molecule has 1 N–H and O–H groups in total. The van der Waals surface area contributed by atoms with E-state index in [0.29, 0.717) is 32.9 Å². The van der Waals surface area contributed by atoms with Gasteiger partial charge in [0.25, 0.3) is 16.8 Å². The Balaban J connectivity index is 1.49. The molecule has 1 fully saturated rings. The number of nitro benzene ring substituents is 1. The lowest BCUT2D eigenvalue weighted by atomic mass is 10.1. The lowest BCUT2D eigenvalue weighted by molar-refractivity contribution is -0.384. The maximum Gasteiger partial charge on any atom is 0.294 e. The highest BCUT2D eigenvalue weighted by atomic mass is 127. The number of aryl methyl sites for hydroxylation is 2. The van der Waals surface area contributed by atoms with E-state index >= 15 is 0 Å². The van der Waals surface area contributed by atoms with Crippen molar-refractivity contribution in [3.63, 3.8) is 0 Å². The number of carbonyl (C=O) groups excluding carboxylic acids is 3. The zero-order valence-corrected chi connectivity index (χ0v) is 25.4. The van der Waals surface area contributed by atoms with Gasteiger partial charge in [-0.1, -0.05) is 18.2 Å². The predicted molar refractivity (Wildman–Crippen MR) is 165 cm³/mol. The molecule has 0 unspecified atom stereocenters. The van der Waals surface area contributed by atoms with Crippen molar-refractivity contribution >= 4 is 68.9 Å². The maximum absolute atomic E-state index is 13.1. The normalized spacial score (nSPS) is 14.0. The molecule has 1 saturated heterocycles. The van der Waals surface area contributed by atoms with Gasteiger partial charge in [-0.3, -0.25) is 29.4 Å². The van der Waals surface area contributed by atoms with Gasteiger partial charge in [0.05, 0.1) is 20.0 Å². The molecule has 12 heteroatoms. The van der Waals surface area contributed by atoms with Crippen LogP contribution in [0.25, 0.3) is 6.08 Å². The summed E-state index contributed by atoms with van der Waals surface area (Å²) < 4.78 is 12.5. The number of hydrogen-bond acceptors (Lipinski definition) is 8. The Labute approximate surface area is 254 Å². The smallest absolute Gasteiger partial charge is 0.294 e. The molecule has 0 spiro atoms. The van der Waals surface area contributed by atoms with Gasteiger partial charge in [0.1, 0.15) is 13.2 Å². The molecule has 3 amide bonds. The van der Waals surface area contributed by atoms with Crippen molar-refractivity contribution in [1.82, 2.24) is 4.90 Å². The summed E-state index contributed by atoms with van der Waals surface area (Å²) in [5.41, 5.74) is 3.78. The molecule has 0 bridgehead atoms. The number of nitrogens with zero attached hydrogens (tertiary/aromatic N) is 2. The molecule has 1 aliphatic rings. The summed E-state index contributed by atoms with van der Waals surface area (Å²) in [4.78, 5) is 49.9. The van der Waals surface area contributed by atoms with Gasteiger partial charge in [-0.2, -0.15) is 0 Å². The van der Waals surface area contributed by atoms with E-state index in [1.165, 1.54) is 12.1 Å². The third kappa shape index (κ3) is 7.24. The third-order valence-corrected chi connectivity index (χ3v) is 7.79. The first-order chi connectivity index (χ1) is 19.6. The number of halogens is 1. The molecule has 3 aromatic carbocycles. The Morgan fingerprint density at radius 1 is 1.10 bits per heavy atom. The minimum Gasteiger partial charge on any atom is -0.490 e. The van der Waals surface area contributed by atoms with Gasteiger partial charge in [-0.25, -0.2) is 0 Å². The van der Waals surface area contributed by atoms with E-state index in [9.17, 15) is 24.5 Å². The Hall–Kier alpha value is -3.91. The number of non-ortho nitro benzene ring substituents is 1. The fraction of sp³-hybridized carbons (Fsp3) is 0.207. The van der Waals surface area contributed by atoms with E-state index in [1.54, 1.807) is 30.3 Å². The van der Waals surface area contributed by atoms with Gasteiger partial charge in [-0.05, 0) is 108 Å². The number of nitrogens with one attached hydrogen (secondary N) is 1. The van der Waals surface area contributed by atoms with Crippen LogP contribution in [0, 0.1) is 27.5 Å². The number of benzene rings is 3. The topological polar surface area (TPSA) is 128 Å². The fourth-order valence-corrected chi connectivity index (χ4v) is 5.68. The SMILES string of the molecule is CCOc1cc(/C=C2/SC(=O)N(CC(=O)Nc3c(C)cccc3C)C2=O)cc(I)c1OCc1ccc([N+](=O)[O-])cc1. The standard InChI is InChI=1S/C29H26IN3O7S/c1-4-39-23-13-20(12-22(30)27(23)40-16-19-8-10-21(11-9-19)33(37)38)14-24-28(35)32(29(36)41-24)15-25(34)31-26-17(2)6-5-7-18(26)3/h5-14H,4,15-16H2,1-3H3,(H,31,34)/b24-14+. The van der Waals surface area contributed by atoms with Crippen LogP contribution in [0.4, 0.5) is 16.2 Å². The van der Waals surface area contributed by atoms with Crippen molar-refractivity contribution in [2.24, 2.45) is 0 Å². The van der Waals surface area contributed by atoms with Crippen molar-refractivity contribution in [2.45, 2.75) is 27.4 Å². The zero-order valence-electron chi connectivity index (χ0n) is 22.4. The Morgan fingerprint density at radius 2 is 1.78 bits per heavy atom. The molecule has 4 rings (SSSR count). The molecule has 0 aromatic heterocycles. The van der Waals surface area contributed by atoms with Crippen LogP contribution in [0.5, 0.6) is 11.5 Å². The molecule has 212 valence electrons. The number of thioether (sulfide) groups is 1. The summed E-state index contributed by atoms with van der Waals surface area (Å²) in [6.45, 7) is 5.70. The number of nitro groups is 1. The highest BCUT2D eigenvalue weighted by Crippen LogP contribution is 2.38. The lowest BCUT2D eigenvalue weighted by Gasteiger charge is -2.15. The number of carbonyl (C=O) groups is 3. The average Bonchev–Trinajstić information content (AvgIpc) is 3.18. The van der Waals surface area contributed by atoms with Crippen LogP contribution in [0.3, 0.4) is 0 Å². The average molecular weight is 688 g/mol. The molecule has 1 aliphatic heterocycles. The Morgan fingerprint density at radius 3 is 2.41 bits per heavy atom. The molecular weight excluding hydrogens is 661 g/mol. The molecule has 0 atom stereocenters. The second-order valence-corrected chi connectivity index (χ2v) is 11.2. The van der Waals surface area contributed by atoms with E-state index in [1.807, 2.05) is 39.0 Å². The fourth-order valence-electron chi connectivity index (χ4n) is 4.07. The van der Waals surface area contributed by atoms with Crippen LogP contribution in [0.2, 0.25) is 0 Å². The Bertz CT molecular complexity index is 1540. The van der Waals surface area contributed by atoms with E-state index < -0.39 is 28.5 Å². The van der Waals surface area contributed by atoms with E-state index in [-0.39, 0.29) is 17.2 Å². The molecule has 3 aromatic rings. The highest BCUT2D eigenvalue weighted by molar-refractivity contribution is 14.1. The Kier molecular flexibility index (Phi) is 9.65. The lowest BCUT2D eigenvalue weighted by Crippen LogP contribution is -2.36. The van der Waals surface area contributed by atoms with Gasteiger partial charge < -0.3 is 14.8 Å².